The maximum Gasteiger partial charge on any atom is 0.338 e. The van der Waals surface area contributed by atoms with Crippen LogP contribution in [0, 0.1) is 17.8 Å². The maximum atomic E-state index is 12.2. The Hall–Kier alpha value is -1.31. The third-order valence-corrected chi connectivity index (χ3v) is 7.88. The monoisotopic (exact) mass is 412 g/mol. The van der Waals surface area contributed by atoms with E-state index in [1.165, 1.54) is 82.6 Å². The Balaban J connectivity index is 1.40. The van der Waals surface area contributed by atoms with Gasteiger partial charge in [0, 0.05) is 0 Å². The number of carbonyl (C=O) groups is 1. The molecule has 2 aliphatic carbocycles. The Morgan fingerprint density at radius 2 is 1.43 bits per heavy atom. The van der Waals surface area contributed by atoms with Crippen molar-refractivity contribution in [2.24, 2.45) is 17.8 Å². The van der Waals surface area contributed by atoms with Crippen LogP contribution in [0.2, 0.25) is 0 Å². The van der Waals surface area contributed by atoms with Gasteiger partial charge in [-0.05, 0) is 86.3 Å². The van der Waals surface area contributed by atoms with Crippen molar-refractivity contribution in [3.8, 4) is 0 Å². The van der Waals surface area contributed by atoms with Crippen LogP contribution in [0.5, 0.6) is 0 Å². The average molecular weight is 413 g/mol. The van der Waals surface area contributed by atoms with Gasteiger partial charge >= 0.3 is 5.97 Å². The number of esters is 1. The van der Waals surface area contributed by atoms with Gasteiger partial charge in [0.25, 0.3) is 0 Å². The van der Waals surface area contributed by atoms with Crippen molar-refractivity contribution in [3.63, 3.8) is 0 Å². The standard InChI is InChI=1S/C28H44O2/c1-3-5-6-7-21-30-28(29)27-19-17-26(18-20-27)25-15-13-24(14-16-25)23-11-9-22(8-4-2)10-12-23/h17-20,22-25H,3-16,21H2,1-2H3/t22-,23-,24-,25-. The summed E-state index contributed by atoms with van der Waals surface area (Å²) in [6, 6.07) is 8.30. The van der Waals surface area contributed by atoms with Crippen LogP contribution in [-0.2, 0) is 4.74 Å². The zero-order valence-corrected chi connectivity index (χ0v) is 19.5. The lowest BCUT2D eigenvalue weighted by molar-refractivity contribution is 0.0498. The molecule has 0 aromatic heterocycles. The van der Waals surface area contributed by atoms with Gasteiger partial charge in [-0.2, -0.15) is 0 Å². The third kappa shape index (κ3) is 6.86. The molecule has 2 nitrogen and oxygen atoms in total. The highest BCUT2D eigenvalue weighted by Gasteiger charge is 2.31. The number of carbonyl (C=O) groups excluding carboxylic acids is 1. The molecule has 0 N–H and O–H groups in total. The van der Waals surface area contributed by atoms with Crippen molar-refractivity contribution in [2.75, 3.05) is 6.61 Å². The van der Waals surface area contributed by atoms with Gasteiger partial charge in [0.05, 0.1) is 12.2 Å². The molecule has 0 amide bonds. The molecule has 2 saturated carbocycles. The van der Waals surface area contributed by atoms with Crippen molar-refractivity contribution in [3.05, 3.63) is 35.4 Å². The molecule has 168 valence electrons. The number of unbranched alkanes of at least 4 members (excludes halogenated alkanes) is 3. The molecular formula is C28H44O2. The highest BCUT2D eigenvalue weighted by molar-refractivity contribution is 5.89. The van der Waals surface area contributed by atoms with Gasteiger partial charge in [-0.1, -0.05) is 70.9 Å². The van der Waals surface area contributed by atoms with E-state index in [1.54, 1.807) is 0 Å². The second-order valence-electron chi connectivity index (χ2n) is 10.00. The van der Waals surface area contributed by atoms with Crippen LogP contribution in [0.15, 0.2) is 24.3 Å². The summed E-state index contributed by atoms with van der Waals surface area (Å²) in [6.07, 6.45) is 18.7. The average Bonchev–Trinajstić information content (AvgIpc) is 2.80. The van der Waals surface area contributed by atoms with Gasteiger partial charge in [-0.3, -0.25) is 0 Å². The first-order chi connectivity index (χ1) is 14.7. The fourth-order valence-electron chi connectivity index (χ4n) is 5.95. The van der Waals surface area contributed by atoms with Crippen LogP contribution in [-0.4, -0.2) is 12.6 Å². The molecule has 0 radical (unpaired) electrons. The highest BCUT2D eigenvalue weighted by Crippen LogP contribution is 2.44. The quantitative estimate of drug-likeness (QED) is 0.285. The summed E-state index contributed by atoms with van der Waals surface area (Å²) in [5.41, 5.74) is 2.12. The van der Waals surface area contributed by atoms with Crippen LogP contribution in [0.25, 0.3) is 0 Å². The number of ether oxygens (including phenoxy) is 1. The van der Waals surface area contributed by atoms with Crippen LogP contribution >= 0.6 is 0 Å². The SMILES string of the molecule is CCCCCCOC(=O)c1ccc([C@H]2CC[C@H]([C@H]3CC[C@H](CCC)CC3)CC2)cc1. The van der Waals surface area contributed by atoms with Crippen molar-refractivity contribution in [1.29, 1.82) is 0 Å². The zero-order chi connectivity index (χ0) is 21.2. The molecule has 0 heterocycles. The van der Waals surface area contributed by atoms with Crippen LogP contribution < -0.4 is 0 Å². The summed E-state index contributed by atoms with van der Waals surface area (Å²) in [5, 5.41) is 0. The first kappa shape index (κ1) is 23.4. The molecule has 2 fully saturated rings. The van der Waals surface area contributed by atoms with Gasteiger partial charge < -0.3 is 4.74 Å². The van der Waals surface area contributed by atoms with E-state index < -0.39 is 0 Å². The van der Waals surface area contributed by atoms with Gasteiger partial charge in [0.2, 0.25) is 0 Å². The second kappa shape index (κ2) is 12.5. The summed E-state index contributed by atoms with van der Waals surface area (Å²) in [7, 11) is 0. The minimum absolute atomic E-state index is 0.166. The Bertz CT molecular complexity index is 604. The van der Waals surface area contributed by atoms with E-state index in [1.807, 2.05) is 12.1 Å². The Morgan fingerprint density at radius 3 is 2.03 bits per heavy atom. The van der Waals surface area contributed by atoms with E-state index in [0.29, 0.717) is 18.1 Å². The predicted octanol–water partition coefficient (Wildman–Crippen LogP) is 8.30. The molecule has 0 unspecified atom stereocenters. The zero-order valence-electron chi connectivity index (χ0n) is 19.5. The minimum Gasteiger partial charge on any atom is -0.462 e. The molecule has 0 bridgehead atoms. The minimum atomic E-state index is -0.166. The fourth-order valence-corrected chi connectivity index (χ4v) is 5.95. The normalized spacial score (nSPS) is 27.0. The lowest BCUT2D eigenvalue weighted by Crippen LogP contribution is -2.25. The van der Waals surface area contributed by atoms with Gasteiger partial charge in [-0.15, -0.1) is 0 Å². The molecule has 2 heteroatoms. The molecule has 1 aromatic rings. The van der Waals surface area contributed by atoms with E-state index in [9.17, 15) is 4.79 Å². The van der Waals surface area contributed by atoms with Crippen molar-refractivity contribution in [1.82, 2.24) is 0 Å². The predicted molar refractivity (Wildman–Crippen MR) is 126 cm³/mol. The molecular weight excluding hydrogens is 368 g/mol. The van der Waals surface area contributed by atoms with E-state index >= 15 is 0 Å². The molecule has 30 heavy (non-hydrogen) atoms. The van der Waals surface area contributed by atoms with Crippen molar-refractivity contribution < 1.29 is 9.53 Å². The first-order valence-electron chi connectivity index (χ1n) is 13.0. The Labute approximate surface area is 185 Å². The van der Waals surface area contributed by atoms with Crippen LogP contribution in [0.1, 0.15) is 126 Å². The van der Waals surface area contributed by atoms with Crippen LogP contribution in [0.3, 0.4) is 0 Å². The largest absolute Gasteiger partial charge is 0.462 e. The molecule has 0 spiro atoms. The summed E-state index contributed by atoms with van der Waals surface area (Å²) in [4.78, 5) is 12.2. The molecule has 1 aromatic carbocycles. The Morgan fingerprint density at radius 1 is 0.800 bits per heavy atom. The van der Waals surface area contributed by atoms with Gasteiger partial charge in [-0.25, -0.2) is 4.79 Å². The van der Waals surface area contributed by atoms with E-state index in [0.717, 1.165) is 30.6 Å². The topological polar surface area (TPSA) is 26.3 Å². The molecule has 0 saturated heterocycles. The smallest absolute Gasteiger partial charge is 0.338 e. The van der Waals surface area contributed by atoms with E-state index in [2.05, 4.69) is 26.0 Å². The molecule has 0 aliphatic heterocycles. The summed E-state index contributed by atoms with van der Waals surface area (Å²) in [5.74, 6) is 3.49. The fraction of sp³-hybridized carbons (Fsp3) is 0.750. The molecule has 2 aliphatic rings. The first-order valence-corrected chi connectivity index (χ1v) is 13.0. The van der Waals surface area contributed by atoms with Crippen LogP contribution in [0.4, 0.5) is 0 Å². The molecule has 3 rings (SSSR count). The number of rotatable bonds is 10. The number of hydrogen-bond donors (Lipinski definition) is 0. The van der Waals surface area contributed by atoms with Crippen molar-refractivity contribution in [2.45, 2.75) is 110 Å². The molecule has 0 atom stereocenters. The lowest BCUT2D eigenvalue weighted by atomic mass is 9.68. The maximum absolute atomic E-state index is 12.2. The Kier molecular flexibility index (Phi) is 9.75. The van der Waals surface area contributed by atoms with E-state index in [4.69, 9.17) is 4.74 Å². The van der Waals surface area contributed by atoms with Gasteiger partial charge in [0.15, 0.2) is 0 Å². The number of hydrogen-bond acceptors (Lipinski definition) is 2. The second-order valence-corrected chi connectivity index (χ2v) is 10.00. The third-order valence-electron chi connectivity index (χ3n) is 7.88. The summed E-state index contributed by atoms with van der Waals surface area (Å²) < 4.78 is 5.43. The van der Waals surface area contributed by atoms with Crippen molar-refractivity contribution >= 4 is 5.97 Å². The summed E-state index contributed by atoms with van der Waals surface area (Å²) >= 11 is 0. The van der Waals surface area contributed by atoms with Gasteiger partial charge in [0.1, 0.15) is 0 Å². The summed E-state index contributed by atoms with van der Waals surface area (Å²) in [6.45, 7) is 5.07. The van der Waals surface area contributed by atoms with E-state index in [-0.39, 0.29) is 5.97 Å². The highest BCUT2D eigenvalue weighted by atomic mass is 16.5. The lowest BCUT2D eigenvalue weighted by Gasteiger charge is -2.38. The number of benzene rings is 1.